The maximum Gasteiger partial charge on any atom is 0.338 e. The zero-order valence-corrected chi connectivity index (χ0v) is 17.2. The number of aliphatic hydroxyl groups excluding tert-OH is 1. The van der Waals surface area contributed by atoms with Crippen LogP contribution in [0.2, 0.25) is 0 Å². The second kappa shape index (κ2) is 9.63. The summed E-state index contributed by atoms with van der Waals surface area (Å²) in [6.07, 6.45) is -3.96. The van der Waals surface area contributed by atoms with Crippen molar-refractivity contribution < 1.29 is 28.9 Å². The zero-order valence-electron chi connectivity index (χ0n) is 17.2. The first-order chi connectivity index (χ1) is 15.9. The molecule has 2 heterocycles. The van der Waals surface area contributed by atoms with Crippen molar-refractivity contribution in [1.82, 2.24) is 9.55 Å². The van der Waals surface area contributed by atoms with Gasteiger partial charge in [-0.05, 0) is 24.3 Å². The minimum absolute atomic E-state index is 0.245. The van der Waals surface area contributed by atoms with Crippen molar-refractivity contribution in [3.63, 3.8) is 0 Å². The second-order valence-electron chi connectivity index (χ2n) is 7.27. The van der Waals surface area contributed by atoms with Crippen LogP contribution >= 0.6 is 0 Å². The summed E-state index contributed by atoms with van der Waals surface area (Å²) < 4.78 is 17.5. The number of nitrogens with zero attached hydrogens (tertiary/aromatic N) is 1. The molecule has 10 heteroatoms. The molecule has 2 N–H and O–H groups in total. The Balaban J connectivity index is 1.56. The number of hydrogen-bond donors (Lipinski definition) is 2. The Labute approximate surface area is 187 Å². The predicted molar refractivity (Wildman–Crippen MR) is 114 cm³/mol. The molecule has 33 heavy (non-hydrogen) atoms. The van der Waals surface area contributed by atoms with Crippen molar-refractivity contribution in [2.75, 3.05) is 6.61 Å². The summed E-state index contributed by atoms with van der Waals surface area (Å²) >= 11 is 0. The van der Waals surface area contributed by atoms with Crippen molar-refractivity contribution in [3.8, 4) is 0 Å². The largest absolute Gasteiger partial charge is 0.459 e. The maximum atomic E-state index is 12.6. The van der Waals surface area contributed by atoms with E-state index in [0.29, 0.717) is 5.56 Å². The lowest BCUT2D eigenvalue weighted by Gasteiger charge is -2.20. The molecule has 1 aliphatic rings. The van der Waals surface area contributed by atoms with Crippen LogP contribution in [0.3, 0.4) is 0 Å². The highest BCUT2D eigenvalue weighted by Gasteiger charge is 2.48. The summed E-state index contributed by atoms with van der Waals surface area (Å²) in [4.78, 5) is 50.6. The van der Waals surface area contributed by atoms with Gasteiger partial charge in [-0.1, -0.05) is 36.4 Å². The molecule has 0 bridgehead atoms. The minimum Gasteiger partial charge on any atom is -0.459 e. The van der Waals surface area contributed by atoms with Crippen LogP contribution in [0.5, 0.6) is 0 Å². The molecule has 10 nitrogen and oxygen atoms in total. The average Bonchev–Trinajstić information content (AvgIpc) is 3.13. The fraction of sp³-hybridized carbons (Fsp3) is 0.217. The van der Waals surface area contributed by atoms with Gasteiger partial charge in [0.25, 0.3) is 5.56 Å². The number of aliphatic hydroxyl groups is 1. The van der Waals surface area contributed by atoms with E-state index in [4.69, 9.17) is 14.2 Å². The quantitative estimate of drug-likeness (QED) is 0.526. The van der Waals surface area contributed by atoms with Crippen molar-refractivity contribution in [3.05, 3.63) is 105 Å². The molecule has 1 saturated heterocycles. The highest BCUT2D eigenvalue weighted by molar-refractivity contribution is 5.90. The lowest BCUT2D eigenvalue weighted by atomic mass is 10.1. The predicted octanol–water partition coefficient (Wildman–Crippen LogP) is 0.878. The molecule has 0 radical (unpaired) electrons. The van der Waals surface area contributed by atoms with Crippen LogP contribution in [-0.4, -0.2) is 51.5 Å². The molecule has 0 saturated carbocycles. The lowest BCUT2D eigenvalue weighted by Crippen LogP contribution is -2.40. The van der Waals surface area contributed by atoms with Crippen molar-refractivity contribution >= 4 is 11.9 Å². The van der Waals surface area contributed by atoms with Crippen LogP contribution in [0.15, 0.2) is 82.5 Å². The van der Waals surface area contributed by atoms with E-state index in [-0.39, 0.29) is 12.2 Å². The number of esters is 2. The molecule has 0 unspecified atom stereocenters. The van der Waals surface area contributed by atoms with E-state index in [1.54, 1.807) is 60.7 Å². The third-order valence-electron chi connectivity index (χ3n) is 5.08. The molecule has 0 spiro atoms. The van der Waals surface area contributed by atoms with Crippen LogP contribution in [-0.2, 0) is 14.2 Å². The van der Waals surface area contributed by atoms with Crippen molar-refractivity contribution in [1.29, 1.82) is 0 Å². The van der Waals surface area contributed by atoms with Gasteiger partial charge in [0.1, 0.15) is 18.8 Å². The number of H-pyrrole nitrogens is 1. The van der Waals surface area contributed by atoms with Crippen LogP contribution in [0.25, 0.3) is 0 Å². The number of benzene rings is 2. The number of aromatic amines is 1. The lowest BCUT2D eigenvalue weighted by molar-refractivity contribution is -0.0614. The normalized spacial score (nSPS) is 22.0. The van der Waals surface area contributed by atoms with Crippen molar-refractivity contribution in [2.24, 2.45) is 0 Å². The highest BCUT2D eigenvalue weighted by atomic mass is 16.6. The molecule has 0 amide bonds. The Hall–Kier alpha value is -4.02. The van der Waals surface area contributed by atoms with Crippen LogP contribution in [0.1, 0.15) is 26.9 Å². The van der Waals surface area contributed by atoms with Crippen LogP contribution in [0, 0.1) is 0 Å². The third-order valence-corrected chi connectivity index (χ3v) is 5.08. The van der Waals surface area contributed by atoms with E-state index >= 15 is 0 Å². The van der Waals surface area contributed by atoms with Gasteiger partial charge in [0.2, 0.25) is 0 Å². The van der Waals surface area contributed by atoms with Crippen molar-refractivity contribution in [2.45, 2.75) is 24.5 Å². The monoisotopic (exact) mass is 452 g/mol. The smallest absolute Gasteiger partial charge is 0.338 e. The Morgan fingerprint density at radius 1 is 0.939 bits per heavy atom. The van der Waals surface area contributed by atoms with Gasteiger partial charge in [-0.3, -0.25) is 14.3 Å². The first-order valence-corrected chi connectivity index (χ1v) is 10.1. The van der Waals surface area contributed by atoms with E-state index in [9.17, 15) is 24.3 Å². The van der Waals surface area contributed by atoms with Gasteiger partial charge in [-0.15, -0.1) is 0 Å². The number of ether oxygens (including phenoxy) is 3. The van der Waals surface area contributed by atoms with E-state index in [1.165, 1.54) is 0 Å². The van der Waals surface area contributed by atoms with Gasteiger partial charge in [-0.25, -0.2) is 14.4 Å². The summed E-state index contributed by atoms with van der Waals surface area (Å²) in [5.74, 6) is -1.36. The van der Waals surface area contributed by atoms with Gasteiger partial charge < -0.3 is 19.3 Å². The van der Waals surface area contributed by atoms with E-state index < -0.39 is 47.7 Å². The molecule has 1 fully saturated rings. The minimum atomic E-state index is -1.48. The SMILES string of the molecule is O=C(OC[C@@H]1O[C@H](n2ccc(=O)[nH]c2=O)[C@H](O)[C@H]1OC(=O)c1ccccc1)c1ccccc1. The highest BCUT2D eigenvalue weighted by Crippen LogP contribution is 2.31. The summed E-state index contributed by atoms with van der Waals surface area (Å²) in [6, 6.07) is 17.5. The van der Waals surface area contributed by atoms with Gasteiger partial charge in [-0.2, -0.15) is 0 Å². The van der Waals surface area contributed by atoms with Gasteiger partial charge >= 0.3 is 17.6 Å². The van der Waals surface area contributed by atoms with Crippen LogP contribution < -0.4 is 11.2 Å². The number of carbonyl (C=O) groups excluding carboxylic acids is 2. The summed E-state index contributed by atoms with van der Waals surface area (Å²) in [5, 5.41) is 10.8. The molecule has 3 aromatic rings. The average molecular weight is 452 g/mol. The molecular weight excluding hydrogens is 432 g/mol. The number of nitrogens with one attached hydrogen (secondary N) is 1. The third kappa shape index (κ3) is 4.92. The number of hydrogen-bond acceptors (Lipinski definition) is 8. The fourth-order valence-corrected chi connectivity index (χ4v) is 3.44. The summed E-state index contributed by atoms with van der Waals surface area (Å²) in [5.41, 5.74) is -0.887. The summed E-state index contributed by atoms with van der Waals surface area (Å²) in [7, 11) is 0. The number of aromatic nitrogens is 2. The van der Waals surface area contributed by atoms with Gasteiger partial charge in [0, 0.05) is 12.3 Å². The fourth-order valence-electron chi connectivity index (χ4n) is 3.44. The molecule has 170 valence electrons. The van der Waals surface area contributed by atoms with Gasteiger partial charge in [0.05, 0.1) is 11.1 Å². The van der Waals surface area contributed by atoms with E-state index in [1.807, 2.05) is 0 Å². The first kappa shape index (κ1) is 22.2. The molecule has 0 aliphatic carbocycles. The van der Waals surface area contributed by atoms with Gasteiger partial charge in [0.15, 0.2) is 12.3 Å². The first-order valence-electron chi connectivity index (χ1n) is 10.1. The molecule has 4 atom stereocenters. The zero-order chi connectivity index (χ0) is 23.4. The Morgan fingerprint density at radius 2 is 1.55 bits per heavy atom. The van der Waals surface area contributed by atoms with E-state index in [0.717, 1.165) is 16.8 Å². The standard InChI is InChI=1S/C23H20N2O8/c26-17-11-12-25(23(30)24-17)20-18(27)19(33-22(29)15-9-5-2-6-10-15)16(32-20)13-31-21(28)14-7-3-1-4-8-14/h1-12,16,18-20,27H,13H2,(H,24,26,30)/t16-,18+,19-,20-/m0/s1. The number of carbonyl (C=O) groups is 2. The second-order valence-corrected chi connectivity index (χ2v) is 7.27. The molecule has 1 aliphatic heterocycles. The molecule has 2 aromatic carbocycles. The Morgan fingerprint density at radius 3 is 2.15 bits per heavy atom. The maximum absolute atomic E-state index is 12.6. The Bertz CT molecular complexity index is 1240. The van der Waals surface area contributed by atoms with Crippen LogP contribution in [0.4, 0.5) is 0 Å². The molecular formula is C23H20N2O8. The summed E-state index contributed by atoms with van der Waals surface area (Å²) in [6.45, 7) is -0.355. The molecule has 4 rings (SSSR count). The molecule has 1 aromatic heterocycles. The Kier molecular flexibility index (Phi) is 6.48. The topological polar surface area (TPSA) is 137 Å². The number of rotatable bonds is 6. The van der Waals surface area contributed by atoms with E-state index in [2.05, 4.69) is 4.98 Å².